The molecule has 2 aromatic heterocycles. The number of hydrogen-bond donors (Lipinski definition) is 2. The van der Waals surface area contributed by atoms with Gasteiger partial charge >= 0.3 is 0 Å². The highest BCUT2D eigenvalue weighted by atomic mass is 32.1. The molecule has 116 valence electrons. The van der Waals surface area contributed by atoms with Crippen LogP contribution in [0.25, 0.3) is 0 Å². The fourth-order valence-electron chi connectivity index (χ4n) is 2.14. The average Bonchev–Trinajstić information content (AvgIpc) is 3.09. The molecule has 3 rings (SSSR count). The van der Waals surface area contributed by atoms with Crippen molar-refractivity contribution in [1.82, 2.24) is 10.3 Å². The molecule has 0 saturated heterocycles. The van der Waals surface area contributed by atoms with Gasteiger partial charge in [-0.15, -0.1) is 11.3 Å². The quantitative estimate of drug-likeness (QED) is 0.742. The number of benzene rings is 1. The lowest BCUT2D eigenvalue weighted by molar-refractivity contribution is 0.0952. The molecule has 5 heteroatoms. The largest absolute Gasteiger partial charge is 0.347 e. The first-order chi connectivity index (χ1) is 11.2. The van der Waals surface area contributed by atoms with Gasteiger partial charge in [0.2, 0.25) is 0 Å². The van der Waals surface area contributed by atoms with E-state index in [2.05, 4.69) is 15.6 Å². The summed E-state index contributed by atoms with van der Waals surface area (Å²) < 4.78 is 0. The number of rotatable bonds is 5. The zero-order valence-corrected chi connectivity index (χ0v) is 13.6. The van der Waals surface area contributed by atoms with Crippen molar-refractivity contribution in [2.75, 3.05) is 5.32 Å². The van der Waals surface area contributed by atoms with Crippen LogP contribution >= 0.6 is 11.3 Å². The number of aromatic nitrogens is 1. The molecule has 0 aliphatic heterocycles. The second-order valence-corrected chi connectivity index (χ2v) is 6.18. The van der Waals surface area contributed by atoms with Crippen molar-refractivity contribution < 1.29 is 4.79 Å². The Hall–Kier alpha value is -2.66. The molecule has 2 heterocycles. The number of aryl methyl sites for hydroxylation is 1. The molecular weight excluding hydrogens is 306 g/mol. The van der Waals surface area contributed by atoms with Gasteiger partial charge in [-0.1, -0.05) is 23.8 Å². The van der Waals surface area contributed by atoms with Crippen LogP contribution in [0.5, 0.6) is 0 Å². The molecule has 1 amide bonds. The van der Waals surface area contributed by atoms with Gasteiger partial charge in [-0.3, -0.25) is 4.79 Å². The van der Waals surface area contributed by atoms with E-state index in [0.29, 0.717) is 17.9 Å². The molecule has 0 aliphatic carbocycles. The molecule has 0 saturated carbocycles. The van der Waals surface area contributed by atoms with Crippen molar-refractivity contribution in [3.05, 3.63) is 76.1 Å². The summed E-state index contributed by atoms with van der Waals surface area (Å²) in [5, 5.41) is 8.13. The molecule has 0 spiro atoms. The van der Waals surface area contributed by atoms with Crippen LogP contribution in [-0.2, 0) is 6.54 Å². The number of pyridine rings is 1. The van der Waals surface area contributed by atoms with Crippen LogP contribution in [-0.4, -0.2) is 10.9 Å². The zero-order valence-electron chi connectivity index (χ0n) is 12.7. The van der Waals surface area contributed by atoms with E-state index in [0.717, 1.165) is 10.6 Å². The molecule has 2 N–H and O–H groups in total. The van der Waals surface area contributed by atoms with E-state index in [1.54, 1.807) is 29.7 Å². The van der Waals surface area contributed by atoms with E-state index in [-0.39, 0.29) is 5.91 Å². The first-order valence-electron chi connectivity index (χ1n) is 7.31. The minimum absolute atomic E-state index is 0.138. The van der Waals surface area contributed by atoms with Crippen LogP contribution < -0.4 is 10.6 Å². The summed E-state index contributed by atoms with van der Waals surface area (Å²) in [6, 6.07) is 15.5. The third kappa shape index (κ3) is 3.96. The molecule has 0 aliphatic rings. The predicted octanol–water partition coefficient (Wildman–Crippen LogP) is 4.13. The van der Waals surface area contributed by atoms with E-state index in [1.807, 2.05) is 48.7 Å². The van der Waals surface area contributed by atoms with Crippen LogP contribution in [0.15, 0.2) is 60.1 Å². The number of nitrogens with one attached hydrogen (secondary N) is 2. The van der Waals surface area contributed by atoms with Crippen molar-refractivity contribution in [1.29, 1.82) is 0 Å². The molecule has 0 bridgehead atoms. The standard InChI is InChI=1S/C18H17N3OS/c1-13-6-8-14(9-7-13)21-17-16(5-2-10-19-17)18(22)20-12-15-4-3-11-23-15/h2-11H,12H2,1H3,(H,19,21)(H,20,22). The molecule has 4 nitrogen and oxygen atoms in total. The van der Waals surface area contributed by atoms with Gasteiger partial charge in [0, 0.05) is 16.8 Å². The van der Waals surface area contributed by atoms with Gasteiger partial charge < -0.3 is 10.6 Å². The van der Waals surface area contributed by atoms with E-state index < -0.39 is 0 Å². The number of hydrogen-bond acceptors (Lipinski definition) is 4. The summed E-state index contributed by atoms with van der Waals surface area (Å²) in [5.41, 5.74) is 2.62. The number of thiophene rings is 1. The minimum atomic E-state index is -0.138. The number of nitrogens with zero attached hydrogens (tertiary/aromatic N) is 1. The van der Waals surface area contributed by atoms with Gasteiger partial charge in [-0.2, -0.15) is 0 Å². The molecule has 1 aromatic carbocycles. The Morgan fingerprint density at radius 3 is 2.70 bits per heavy atom. The maximum atomic E-state index is 12.4. The molecule has 3 aromatic rings. The summed E-state index contributed by atoms with van der Waals surface area (Å²) in [6.45, 7) is 2.56. The average molecular weight is 323 g/mol. The van der Waals surface area contributed by atoms with Gasteiger partial charge in [0.1, 0.15) is 5.82 Å². The second-order valence-electron chi connectivity index (χ2n) is 5.15. The van der Waals surface area contributed by atoms with Crippen molar-refractivity contribution >= 4 is 28.7 Å². The number of amides is 1. The Morgan fingerprint density at radius 2 is 1.96 bits per heavy atom. The normalized spacial score (nSPS) is 10.3. The minimum Gasteiger partial charge on any atom is -0.347 e. The number of carbonyl (C=O) groups excluding carboxylic acids is 1. The molecule has 23 heavy (non-hydrogen) atoms. The summed E-state index contributed by atoms with van der Waals surface area (Å²) in [6.07, 6.45) is 1.67. The SMILES string of the molecule is Cc1ccc(Nc2ncccc2C(=O)NCc2cccs2)cc1. The van der Waals surface area contributed by atoms with E-state index in [1.165, 1.54) is 5.56 Å². The number of carbonyl (C=O) groups is 1. The Bertz CT molecular complexity index is 782. The Labute approximate surface area is 139 Å². The maximum absolute atomic E-state index is 12.4. The fraction of sp³-hybridized carbons (Fsp3) is 0.111. The highest BCUT2D eigenvalue weighted by Crippen LogP contribution is 2.19. The van der Waals surface area contributed by atoms with Gasteiger partial charge in [-0.05, 0) is 42.6 Å². The maximum Gasteiger partial charge on any atom is 0.255 e. The summed E-state index contributed by atoms with van der Waals surface area (Å²) in [7, 11) is 0. The predicted molar refractivity (Wildman–Crippen MR) is 94.2 cm³/mol. The van der Waals surface area contributed by atoms with E-state index in [4.69, 9.17) is 0 Å². The van der Waals surface area contributed by atoms with Crippen LogP contribution in [0.2, 0.25) is 0 Å². The Kier molecular flexibility index (Phi) is 4.68. The topological polar surface area (TPSA) is 54.0 Å². The smallest absolute Gasteiger partial charge is 0.255 e. The van der Waals surface area contributed by atoms with Gasteiger partial charge in [0.05, 0.1) is 12.1 Å². The molecule has 0 radical (unpaired) electrons. The third-order valence-electron chi connectivity index (χ3n) is 3.37. The highest BCUT2D eigenvalue weighted by Gasteiger charge is 2.12. The first kappa shape index (κ1) is 15.2. The summed E-state index contributed by atoms with van der Waals surface area (Å²) in [4.78, 5) is 17.8. The summed E-state index contributed by atoms with van der Waals surface area (Å²) in [5.74, 6) is 0.418. The van der Waals surface area contributed by atoms with E-state index in [9.17, 15) is 4.79 Å². The van der Waals surface area contributed by atoms with Crippen LogP contribution in [0.3, 0.4) is 0 Å². The van der Waals surface area contributed by atoms with Crippen molar-refractivity contribution in [3.63, 3.8) is 0 Å². The molecule has 0 fully saturated rings. The lowest BCUT2D eigenvalue weighted by atomic mass is 10.2. The van der Waals surface area contributed by atoms with Gasteiger partial charge in [0.15, 0.2) is 0 Å². The van der Waals surface area contributed by atoms with Crippen molar-refractivity contribution in [2.24, 2.45) is 0 Å². The van der Waals surface area contributed by atoms with Crippen LogP contribution in [0.1, 0.15) is 20.8 Å². The third-order valence-corrected chi connectivity index (χ3v) is 4.25. The Balaban J connectivity index is 1.74. The van der Waals surface area contributed by atoms with E-state index >= 15 is 0 Å². The van der Waals surface area contributed by atoms with Crippen molar-refractivity contribution in [2.45, 2.75) is 13.5 Å². The summed E-state index contributed by atoms with van der Waals surface area (Å²) >= 11 is 1.62. The fourth-order valence-corrected chi connectivity index (χ4v) is 2.78. The monoisotopic (exact) mass is 323 g/mol. The van der Waals surface area contributed by atoms with Crippen molar-refractivity contribution in [3.8, 4) is 0 Å². The molecule has 0 unspecified atom stereocenters. The Morgan fingerprint density at radius 1 is 1.13 bits per heavy atom. The lowest BCUT2D eigenvalue weighted by Crippen LogP contribution is -2.23. The highest BCUT2D eigenvalue weighted by molar-refractivity contribution is 7.09. The van der Waals surface area contributed by atoms with Crippen LogP contribution in [0, 0.1) is 6.92 Å². The molecular formula is C18H17N3OS. The second kappa shape index (κ2) is 7.07. The molecule has 0 atom stereocenters. The first-order valence-corrected chi connectivity index (χ1v) is 8.19. The van der Waals surface area contributed by atoms with Gasteiger partial charge in [-0.25, -0.2) is 4.98 Å². The number of anilines is 2. The zero-order chi connectivity index (χ0) is 16.1. The van der Waals surface area contributed by atoms with Gasteiger partial charge in [0.25, 0.3) is 5.91 Å². The van der Waals surface area contributed by atoms with Crippen LogP contribution in [0.4, 0.5) is 11.5 Å². The lowest BCUT2D eigenvalue weighted by Gasteiger charge is -2.11.